The second-order valence-electron chi connectivity index (χ2n) is 7.07. The molecule has 27 heavy (non-hydrogen) atoms. The Balaban J connectivity index is 1.66. The van der Waals surface area contributed by atoms with Gasteiger partial charge in [0.15, 0.2) is 5.16 Å². The lowest BCUT2D eigenvalue weighted by Crippen LogP contribution is -2.21. The fourth-order valence-electron chi connectivity index (χ4n) is 3.55. The highest BCUT2D eigenvalue weighted by Crippen LogP contribution is 2.35. The fourth-order valence-corrected chi connectivity index (χ4v) is 5.83. The first-order chi connectivity index (χ1) is 13.1. The van der Waals surface area contributed by atoms with E-state index < -0.39 is 0 Å². The van der Waals surface area contributed by atoms with Crippen LogP contribution in [0.4, 0.5) is 0 Å². The second kappa shape index (κ2) is 7.49. The van der Waals surface area contributed by atoms with Crippen LogP contribution in [0.5, 0.6) is 0 Å². The van der Waals surface area contributed by atoms with E-state index in [0.717, 1.165) is 35.0 Å². The number of nitriles is 1. The van der Waals surface area contributed by atoms with Crippen molar-refractivity contribution in [2.45, 2.75) is 49.4 Å². The van der Waals surface area contributed by atoms with E-state index in [4.69, 9.17) is 4.98 Å². The first kappa shape index (κ1) is 18.3. The maximum atomic E-state index is 13.0. The minimum absolute atomic E-state index is 0.0222. The third-order valence-electron chi connectivity index (χ3n) is 5.09. The van der Waals surface area contributed by atoms with Gasteiger partial charge in [-0.25, -0.2) is 4.98 Å². The molecule has 0 N–H and O–H groups in total. The molecule has 0 saturated carbocycles. The molecule has 2 heterocycles. The SMILES string of the molecule is Cc1ccc(C[C@H](C#N)Sc2nc3sc4c(c3c(=O)n2C)CCCC4)cc1. The van der Waals surface area contributed by atoms with Crippen LogP contribution in [-0.2, 0) is 26.3 Å². The minimum Gasteiger partial charge on any atom is -0.290 e. The maximum Gasteiger partial charge on any atom is 0.262 e. The number of nitrogens with zero attached hydrogens (tertiary/aromatic N) is 3. The summed E-state index contributed by atoms with van der Waals surface area (Å²) in [5.41, 5.74) is 3.56. The van der Waals surface area contributed by atoms with Gasteiger partial charge in [-0.3, -0.25) is 9.36 Å². The van der Waals surface area contributed by atoms with Crippen LogP contribution in [0.2, 0.25) is 0 Å². The molecule has 0 amide bonds. The minimum atomic E-state index is -0.280. The molecule has 0 bridgehead atoms. The predicted molar refractivity (Wildman–Crippen MR) is 112 cm³/mol. The topological polar surface area (TPSA) is 58.7 Å². The molecule has 3 aromatic rings. The number of aromatic nitrogens is 2. The molecule has 0 saturated heterocycles. The molecular weight excluding hydrogens is 374 g/mol. The van der Waals surface area contributed by atoms with Gasteiger partial charge in [0.2, 0.25) is 0 Å². The van der Waals surface area contributed by atoms with Crippen LogP contribution < -0.4 is 5.56 Å². The van der Waals surface area contributed by atoms with Gasteiger partial charge in [-0.15, -0.1) is 11.3 Å². The van der Waals surface area contributed by atoms with Gasteiger partial charge in [-0.2, -0.15) is 5.26 Å². The van der Waals surface area contributed by atoms with Crippen molar-refractivity contribution in [1.29, 1.82) is 5.26 Å². The zero-order chi connectivity index (χ0) is 19.0. The lowest BCUT2D eigenvalue weighted by molar-refractivity contribution is 0.695. The zero-order valence-corrected chi connectivity index (χ0v) is 17.1. The van der Waals surface area contributed by atoms with Crippen molar-refractivity contribution in [3.8, 4) is 6.07 Å². The van der Waals surface area contributed by atoms with Crippen LogP contribution in [0.3, 0.4) is 0 Å². The zero-order valence-electron chi connectivity index (χ0n) is 15.5. The van der Waals surface area contributed by atoms with Crippen LogP contribution >= 0.6 is 23.1 Å². The van der Waals surface area contributed by atoms with E-state index in [1.54, 1.807) is 23.0 Å². The van der Waals surface area contributed by atoms with Gasteiger partial charge in [0.1, 0.15) is 10.1 Å². The van der Waals surface area contributed by atoms with Crippen LogP contribution in [0.1, 0.15) is 34.4 Å². The molecular formula is C21H21N3OS2. The molecule has 1 atom stereocenters. The third-order valence-corrected chi connectivity index (χ3v) is 7.41. The Kier molecular flexibility index (Phi) is 5.07. The molecule has 6 heteroatoms. The molecule has 0 fully saturated rings. The Bertz CT molecular complexity index is 1090. The summed E-state index contributed by atoms with van der Waals surface area (Å²) in [5.74, 6) is 0. The van der Waals surface area contributed by atoms with Gasteiger partial charge >= 0.3 is 0 Å². The van der Waals surface area contributed by atoms with E-state index in [0.29, 0.717) is 11.6 Å². The molecule has 4 nitrogen and oxygen atoms in total. The Morgan fingerprint density at radius 2 is 2.04 bits per heavy atom. The van der Waals surface area contributed by atoms with E-state index in [-0.39, 0.29) is 10.8 Å². The van der Waals surface area contributed by atoms with Crippen molar-refractivity contribution in [2.24, 2.45) is 7.05 Å². The summed E-state index contributed by atoms with van der Waals surface area (Å²) >= 11 is 3.04. The lowest BCUT2D eigenvalue weighted by atomic mass is 9.97. The summed E-state index contributed by atoms with van der Waals surface area (Å²) in [4.78, 5) is 19.9. The average molecular weight is 396 g/mol. The molecule has 4 rings (SSSR count). The van der Waals surface area contributed by atoms with Crippen LogP contribution in [0.25, 0.3) is 10.2 Å². The van der Waals surface area contributed by atoms with Crippen molar-refractivity contribution in [3.63, 3.8) is 0 Å². The molecule has 0 spiro atoms. The van der Waals surface area contributed by atoms with E-state index >= 15 is 0 Å². The molecule has 138 valence electrons. The van der Waals surface area contributed by atoms with Crippen LogP contribution in [0.15, 0.2) is 34.2 Å². The number of hydrogen-bond acceptors (Lipinski definition) is 5. The van der Waals surface area contributed by atoms with E-state index in [9.17, 15) is 10.1 Å². The average Bonchev–Trinajstić information content (AvgIpc) is 3.05. The summed E-state index contributed by atoms with van der Waals surface area (Å²) < 4.78 is 1.62. The molecule has 0 aliphatic heterocycles. The molecule has 0 radical (unpaired) electrons. The highest BCUT2D eigenvalue weighted by molar-refractivity contribution is 8.00. The Hall–Kier alpha value is -2.10. The van der Waals surface area contributed by atoms with Crippen molar-refractivity contribution in [3.05, 3.63) is 56.2 Å². The summed E-state index contributed by atoms with van der Waals surface area (Å²) in [6, 6.07) is 10.6. The van der Waals surface area contributed by atoms with Crippen molar-refractivity contribution in [2.75, 3.05) is 0 Å². The van der Waals surface area contributed by atoms with E-state index in [1.807, 2.05) is 0 Å². The van der Waals surface area contributed by atoms with Crippen LogP contribution in [-0.4, -0.2) is 14.8 Å². The largest absolute Gasteiger partial charge is 0.290 e. The Morgan fingerprint density at radius 1 is 1.30 bits per heavy atom. The summed E-state index contributed by atoms with van der Waals surface area (Å²) in [5, 5.41) is 10.8. The van der Waals surface area contributed by atoms with E-state index in [2.05, 4.69) is 37.3 Å². The lowest BCUT2D eigenvalue weighted by Gasteiger charge is -2.12. The fraction of sp³-hybridized carbons (Fsp3) is 0.381. The number of hydrogen-bond donors (Lipinski definition) is 0. The standard InChI is InChI=1S/C21H21N3OS2/c1-13-7-9-14(10-8-13)11-15(12-22)26-21-23-19-18(20(25)24(21)2)16-5-3-4-6-17(16)27-19/h7-10,15H,3-6,11H2,1-2H3/t15-/m1/s1. The highest BCUT2D eigenvalue weighted by Gasteiger charge is 2.22. The summed E-state index contributed by atoms with van der Waals surface area (Å²) in [6.45, 7) is 2.05. The number of rotatable bonds is 4. The molecule has 1 aromatic carbocycles. The Morgan fingerprint density at radius 3 is 2.78 bits per heavy atom. The molecule has 1 aliphatic carbocycles. The molecule has 2 aromatic heterocycles. The van der Waals surface area contributed by atoms with Crippen LogP contribution in [0, 0.1) is 18.3 Å². The number of fused-ring (bicyclic) bond motifs is 3. The summed E-state index contributed by atoms with van der Waals surface area (Å²) in [7, 11) is 1.77. The van der Waals surface area contributed by atoms with Gasteiger partial charge in [-0.1, -0.05) is 41.6 Å². The number of benzene rings is 1. The van der Waals surface area contributed by atoms with Crippen molar-refractivity contribution >= 4 is 33.3 Å². The maximum absolute atomic E-state index is 13.0. The number of aryl methyl sites for hydroxylation is 3. The molecule has 1 aliphatic rings. The normalized spacial score (nSPS) is 14.7. The highest BCUT2D eigenvalue weighted by atomic mass is 32.2. The van der Waals surface area contributed by atoms with Crippen molar-refractivity contribution < 1.29 is 0 Å². The summed E-state index contributed by atoms with van der Waals surface area (Å²) in [6.07, 6.45) is 5.00. The van der Waals surface area contributed by atoms with Gasteiger partial charge < -0.3 is 0 Å². The predicted octanol–water partition coefficient (Wildman–Crippen LogP) is 4.41. The Labute approximate surface area is 166 Å². The number of thiophene rings is 1. The number of thioether (sulfide) groups is 1. The monoisotopic (exact) mass is 395 g/mol. The smallest absolute Gasteiger partial charge is 0.262 e. The van der Waals surface area contributed by atoms with Gasteiger partial charge in [0.05, 0.1) is 11.5 Å². The van der Waals surface area contributed by atoms with Gasteiger partial charge in [0.25, 0.3) is 5.56 Å². The third kappa shape index (κ3) is 3.54. The first-order valence-corrected chi connectivity index (χ1v) is 10.9. The van der Waals surface area contributed by atoms with Crippen molar-refractivity contribution in [1.82, 2.24) is 9.55 Å². The quantitative estimate of drug-likeness (QED) is 0.485. The first-order valence-electron chi connectivity index (χ1n) is 9.20. The van der Waals surface area contributed by atoms with E-state index in [1.165, 1.54) is 34.2 Å². The van der Waals surface area contributed by atoms with Gasteiger partial charge in [0, 0.05) is 11.9 Å². The van der Waals surface area contributed by atoms with Gasteiger partial charge in [-0.05, 0) is 50.2 Å². The molecule has 0 unspecified atom stereocenters. The second-order valence-corrected chi connectivity index (χ2v) is 9.33.